The number of amides is 2. The van der Waals surface area contributed by atoms with Gasteiger partial charge >= 0.3 is 11.8 Å². The second-order valence-electron chi connectivity index (χ2n) is 7.14. The summed E-state index contributed by atoms with van der Waals surface area (Å²) in [5, 5.41) is 9.24. The molecule has 0 fully saturated rings. The van der Waals surface area contributed by atoms with Crippen LogP contribution in [0, 0.1) is 5.82 Å². The Morgan fingerprint density at radius 1 is 1.09 bits per heavy atom. The maximum Gasteiger partial charge on any atom is 0.314 e. The molecule has 11 heteroatoms. The highest BCUT2D eigenvalue weighted by Crippen LogP contribution is 2.33. The van der Waals surface area contributed by atoms with Gasteiger partial charge in [-0.3, -0.25) is 9.59 Å². The highest BCUT2D eigenvalue weighted by molar-refractivity contribution is 7.90. The van der Waals surface area contributed by atoms with Gasteiger partial charge in [-0.1, -0.05) is 18.2 Å². The number of halogens is 1. The second-order valence-corrected chi connectivity index (χ2v) is 9.21. The molecule has 2 amide bonds. The number of carbonyl (C=O) groups is 2. The third-order valence-corrected chi connectivity index (χ3v) is 6.37. The third kappa shape index (κ3) is 4.33. The molecule has 1 aliphatic heterocycles. The molecule has 32 heavy (non-hydrogen) atoms. The number of ether oxygens (including phenoxy) is 1. The minimum absolute atomic E-state index is 0.0555. The first-order chi connectivity index (χ1) is 15.3. The van der Waals surface area contributed by atoms with Gasteiger partial charge in [0.25, 0.3) is 0 Å². The number of carbonyl (C=O) groups excluding carboxylic acids is 2. The van der Waals surface area contributed by atoms with E-state index in [1.54, 1.807) is 24.3 Å². The molecule has 1 aromatic heterocycles. The summed E-state index contributed by atoms with van der Waals surface area (Å²) in [6.07, 6.45) is 0. The summed E-state index contributed by atoms with van der Waals surface area (Å²) < 4.78 is 43.9. The van der Waals surface area contributed by atoms with Crippen molar-refractivity contribution in [3.63, 3.8) is 0 Å². The van der Waals surface area contributed by atoms with Gasteiger partial charge in [0, 0.05) is 17.7 Å². The van der Waals surface area contributed by atoms with E-state index < -0.39 is 27.5 Å². The number of fused-ring (bicyclic) bond motifs is 1. The second kappa shape index (κ2) is 8.42. The van der Waals surface area contributed by atoms with Gasteiger partial charge in [-0.25, -0.2) is 17.5 Å². The number of benzene rings is 2. The van der Waals surface area contributed by atoms with Crippen molar-refractivity contribution in [3.05, 3.63) is 71.2 Å². The van der Waals surface area contributed by atoms with Crippen LogP contribution in [-0.4, -0.2) is 37.1 Å². The molecular formula is C21H19FN4O5S. The fraction of sp³-hybridized carbons (Fsp3) is 0.190. The molecule has 0 unspecified atom stereocenters. The standard InChI is InChI=1S/C21H19FN4O5S/c1-31-18-5-3-2-4-13(18)10-23-20(27)21(28)24-19-16-11-32(29,30)12-17(16)25-26(19)15-8-6-14(22)7-9-15/h2-9H,10-12H2,1H3,(H,23,27)(H,24,28). The van der Waals surface area contributed by atoms with E-state index in [2.05, 4.69) is 15.7 Å². The summed E-state index contributed by atoms with van der Waals surface area (Å²) in [5.41, 5.74) is 1.67. The Hall–Kier alpha value is -3.73. The summed E-state index contributed by atoms with van der Waals surface area (Å²) in [6, 6.07) is 12.3. The van der Waals surface area contributed by atoms with E-state index in [9.17, 15) is 22.4 Å². The van der Waals surface area contributed by atoms with Crippen LogP contribution in [0.15, 0.2) is 48.5 Å². The minimum Gasteiger partial charge on any atom is -0.496 e. The van der Waals surface area contributed by atoms with Crippen LogP contribution in [0.3, 0.4) is 0 Å². The molecule has 2 N–H and O–H groups in total. The molecule has 0 radical (unpaired) electrons. The number of nitrogens with one attached hydrogen (secondary N) is 2. The molecule has 2 aromatic carbocycles. The summed E-state index contributed by atoms with van der Waals surface area (Å²) >= 11 is 0. The summed E-state index contributed by atoms with van der Waals surface area (Å²) in [7, 11) is -1.90. The molecule has 0 bridgehead atoms. The van der Waals surface area contributed by atoms with Gasteiger partial charge in [0.15, 0.2) is 9.84 Å². The lowest BCUT2D eigenvalue weighted by molar-refractivity contribution is -0.136. The molecule has 9 nitrogen and oxygen atoms in total. The van der Waals surface area contributed by atoms with Crippen LogP contribution >= 0.6 is 0 Å². The maximum atomic E-state index is 13.3. The Morgan fingerprint density at radius 3 is 2.53 bits per heavy atom. The first-order valence-corrected chi connectivity index (χ1v) is 11.4. The molecule has 2 heterocycles. The highest BCUT2D eigenvalue weighted by Gasteiger charge is 2.33. The van der Waals surface area contributed by atoms with Crippen LogP contribution in [0.4, 0.5) is 10.2 Å². The number of para-hydroxylation sites is 1. The Labute approximate surface area is 183 Å². The highest BCUT2D eigenvalue weighted by atomic mass is 32.2. The SMILES string of the molecule is COc1ccccc1CNC(=O)C(=O)Nc1c2c(nn1-c1ccc(F)cc1)CS(=O)(=O)C2. The van der Waals surface area contributed by atoms with E-state index in [4.69, 9.17) is 4.74 Å². The normalized spacial score (nSPS) is 13.9. The van der Waals surface area contributed by atoms with Gasteiger partial charge in [0.05, 0.1) is 30.0 Å². The van der Waals surface area contributed by atoms with Crippen molar-refractivity contribution >= 4 is 27.5 Å². The number of hydrogen-bond donors (Lipinski definition) is 2. The number of hydrogen-bond acceptors (Lipinski definition) is 6. The summed E-state index contributed by atoms with van der Waals surface area (Å²) in [5.74, 6) is -2.35. The van der Waals surface area contributed by atoms with Crippen LogP contribution < -0.4 is 15.4 Å². The molecular weight excluding hydrogens is 439 g/mol. The molecule has 4 rings (SSSR count). The van der Waals surface area contributed by atoms with Crippen LogP contribution in [0.5, 0.6) is 5.75 Å². The zero-order valence-electron chi connectivity index (χ0n) is 17.0. The smallest absolute Gasteiger partial charge is 0.314 e. The summed E-state index contributed by atoms with van der Waals surface area (Å²) in [4.78, 5) is 25.0. The zero-order chi connectivity index (χ0) is 22.9. The van der Waals surface area contributed by atoms with Gasteiger partial charge in [-0.15, -0.1) is 0 Å². The predicted molar refractivity (Wildman–Crippen MR) is 113 cm³/mol. The van der Waals surface area contributed by atoms with E-state index in [1.165, 1.54) is 36.1 Å². The molecule has 0 spiro atoms. The maximum absolute atomic E-state index is 13.3. The third-order valence-electron chi connectivity index (χ3n) is 4.93. The van der Waals surface area contributed by atoms with Crippen LogP contribution in [-0.2, 0) is 37.5 Å². The first kappa shape index (κ1) is 21.5. The van der Waals surface area contributed by atoms with E-state index in [0.717, 1.165) is 0 Å². The first-order valence-electron chi connectivity index (χ1n) is 9.55. The largest absolute Gasteiger partial charge is 0.496 e. The predicted octanol–water partition coefficient (Wildman–Crippen LogP) is 1.70. The van der Waals surface area contributed by atoms with Crippen molar-refractivity contribution in [2.45, 2.75) is 18.1 Å². The van der Waals surface area contributed by atoms with Gasteiger partial charge in [0.1, 0.15) is 17.4 Å². The van der Waals surface area contributed by atoms with Crippen molar-refractivity contribution in [1.82, 2.24) is 15.1 Å². The molecule has 0 aliphatic carbocycles. The van der Waals surface area contributed by atoms with Gasteiger partial charge in [-0.2, -0.15) is 5.10 Å². The fourth-order valence-electron chi connectivity index (χ4n) is 3.41. The van der Waals surface area contributed by atoms with Gasteiger partial charge in [-0.05, 0) is 30.3 Å². The number of aromatic nitrogens is 2. The van der Waals surface area contributed by atoms with E-state index in [1.807, 2.05) is 0 Å². The number of sulfone groups is 1. The van der Waals surface area contributed by atoms with Crippen LogP contribution in [0.25, 0.3) is 5.69 Å². The molecule has 1 aliphatic rings. The number of nitrogens with zero attached hydrogens (tertiary/aromatic N) is 2. The van der Waals surface area contributed by atoms with E-state index >= 15 is 0 Å². The lowest BCUT2D eigenvalue weighted by Crippen LogP contribution is -2.35. The molecule has 0 atom stereocenters. The van der Waals surface area contributed by atoms with E-state index in [0.29, 0.717) is 22.6 Å². The average molecular weight is 458 g/mol. The Balaban J connectivity index is 1.57. The van der Waals surface area contributed by atoms with E-state index in [-0.39, 0.29) is 29.6 Å². The topological polar surface area (TPSA) is 119 Å². The molecule has 0 saturated heterocycles. The minimum atomic E-state index is -3.40. The molecule has 0 saturated carbocycles. The van der Waals surface area contributed by atoms with Crippen molar-refractivity contribution in [3.8, 4) is 11.4 Å². The zero-order valence-corrected chi connectivity index (χ0v) is 17.8. The number of anilines is 1. The Kier molecular flexibility index (Phi) is 5.66. The Morgan fingerprint density at radius 2 is 1.81 bits per heavy atom. The van der Waals surface area contributed by atoms with Crippen LogP contribution in [0.1, 0.15) is 16.8 Å². The fourth-order valence-corrected chi connectivity index (χ4v) is 4.90. The molecule has 166 valence electrons. The van der Waals surface area contributed by atoms with Crippen molar-refractivity contribution in [2.75, 3.05) is 12.4 Å². The number of rotatable bonds is 5. The quantitative estimate of drug-likeness (QED) is 0.562. The lowest BCUT2D eigenvalue weighted by Gasteiger charge is -2.12. The van der Waals surface area contributed by atoms with Crippen molar-refractivity contribution in [1.29, 1.82) is 0 Å². The van der Waals surface area contributed by atoms with Crippen molar-refractivity contribution in [2.24, 2.45) is 0 Å². The lowest BCUT2D eigenvalue weighted by atomic mass is 10.2. The van der Waals surface area contributed by atoms with Gasteiger partial charge < -0.3 is 15.4 Å². The van der Waals surface area contributed by atoms with Crippen LogP contribution in [0.2, 0.25) is 0 Å². The summed E-state index contributed by atoms with van der Waals surface area (Å²) in [6.45, 7) is 0.0555. The monoisotopic (exact) mass is 458 g/mol. The Bertz CT molecular complexity index is 1300. The van der Waals surface area contributed by atoms with Crippen molar-refractivity contribution < 1.29 is 27.1 Å². The number of methoxy groups -OCH3 is 1. The average Bonchev–Trinajstić information content (AvgIpc) is 3.24. The molecule has 3 aromatic rings. The van der Waals surface area contributed by atoms with Gasteiger partial charge in [0.2, 0.25) is 0 Å².